The van der Waals surface area contributed by atoms with Gasteiger partial charge in [-0.3, -0.25) is 4.99 Å². The zero-order valence-electron chi connectivity index (χ0n) is 12.3. The van der Waals surface area contributed by atoms with E-state index in [1.807, 2.05) is 32.0 Å². The van der Waals surface area contributed by atoms with Gasteiger partial charge in [0.1, 0.15) is 16.9 Å². The van der Waals surface area contributed by atoms with Crippen molar-refractivity contribution in [1.29, 1.82) is 0 Å². The minimum absolute atomic E-state index is 0.0527. The van der Waals surface area contributed by atoms with Crippen LogP contribution in [0, 0.1) is 13.8 Å². The Labute approximate surface area is 127 Å². The van der Waals surface area contributed by atoms with Crippen molar-refractivity contribution in [2.45, 2.75) is 13.8 Å². The van der Waals surface area contributed by atoms with Gasteiger partial charge in [0.25, 0.3) is 0 Å². The van der Waals surface area contributed by atoms with Crippen LogP contribution in [0.3, 0.4) is 0 Å². The Hall–Kier alpha value is -2.88. The summed E-state index contributed by atoms with van der Waals surface area (Å²) in [4.78, 5) is 16.2. The van der Waals surface area contributed by atoms with Crippen LogP contribution in [0.2, 0.25) is 0 Å². The van der Waals surface area contributed by atoms with Crippen molar-refractivity contribution in [3.63, 3.8) is 0 Å². The fraction of sp³-hybridized carbons (Fsp3) is 0.111. The molecule has 0 fully saturated rings. The van der Waals surface area contributed by atoms with Crippen molar-refractivity contribution in [3.05, 3.63) is 69.6 Å². The highest BCUT2D eigenvalue weighted by Crippen LogP contribution is 2.25. The normalized spacial score (nSPS) is 11.4. The fourth-order valence-electron chi connectivity index (χ4n) is 2.21. The van der Waals surface area contributed by atoms with Gasteiger partial charge in [-0.2, -0.15) is 0 Å². The summed E-state index contributed by atoms with van der Waals surface area (Å²) in [6.07, 6.45) is 1.34. The quantitative estimate of drug-likeness (QED) is 0.576. The topological polar surface area (TPSA) is 62.8 Å². The van der Waals surface area contributed by atoms with E-state index in [4.69, 9.17) is 4.42 Å². The first kappa shape index (κ1) is 14.1. The number of benzene rings is 2. The van der Waals surface area contributed by atoms with Gasteiger partial charge in [-0.1, -0.05) is 18.2 Å². The van der Waals surface area contributed by atoms with E-state index < -0.39 is 5.63 Å². The molecule has 0 bridgehead atoms. The molecule has 1 N–H and O–H groups in total. The molecule has 0 aliphatic rings. The van der Waals surface area contributed by atoms with Crippen LogP contribution in [0.25, 0.3) is 11.0 Å². The van der Waals surface area contributed by atoms with Crippen LogP contribution >= 0.6 is 0 Å². The number of rotatable bonds is 2. The third-order valence-corrected chi connectivity index (χ3v) is 3.65. The first-order valence-electron chi connectivity index (χ1n) is 6.92. The summed E-state index contributed by atoms with van der Waals surface area (Å²) in [6.45, 7) is 4.02. The van der Waals surface area contributed by atoms with Crippen LogP contribution < -0.4 is 5.63 Å². The SMILES string of the molecule is Cc1ccc(N=Cc2c(O)c3ccccc3oc2=O)cc1C. The molecule has 1 heterocycles. The maximum atomic E-state index is 12.0. The zero-order valence-corrected chi connectivity index (χ0v) is 12.3. The minimum atomic E-state index is -0.608. The molecule has 0 amide bonds. The van der Waals surface area contributed by atoms with E-state index in [1.54, 1.807) is 24.3 Å². The van der Waals surface area contributed by atoms with Crippen molar-refractivity contribution < 1.29 is 9.52 Å². The van der Waals surface area contributed by atoms with Crippen LogP contribution in [0.5, 0.6) is 5.75 Å². The van der Waals surface area contributed by atoms with Gasteiger partial charge >= 0.3 is 5.63 Å². The summed E-state index contributed by atoms with van der Waals surface area (Å²) in [5, 5.41) is 10.7. The molecule has 0 atom stereocenters. The number of nitrogens with zero attached hydrogens (tertiary/aromatic N) is 1. The highest BCUT2D eigenvalue weighted by atomic mass is 16.4. The monoisotopic (exact) mass is 293 g/mol. The molecule has 3 aromatic rings. The summed E-state index contributed by atoms with van der Waals surface area (Å²) >= 11 is 0. The number of aryl methyl sites for hydroxylation is 2. The van der Waals surface area contributed by atoms with Crippen LogP contribution in [0.15, 0.2) is 56.7 Å². The lowest BCUT2D eigenvalue weighted by Crippen LogP contribution is -2.06. The number of aliphatic imine (C=N–C) groups is 1. The molecule has 22 heavy (non-hydrogen) atoms. The van der Waals surface area contributed by atoms with Crippen molar-refractivity contribution in [3.8, 4) is 5.75 Å². The molecule has 0 aliphatic heterocycles. The van der Waals surface area contributed by atoms with E-state index >= 15 is 0 Å². The van der Waals surface area contributed by atoms with E-state index in [9.17, 15) is 9.90 Å². The first-order valence-corrected chi connectivity index (χ1v) is 6.92. The summed E-state index contributed by atoms with van der Waals surface area (Å²) < 4.78 is 5.20. The Morgan fingerprint density at radius 3 is 2.64 bits per heavy atom. The summed E-state index contributed by atoms with van der Waals surface area (Å²) in [7, 11) is 0. The molecule has 4 nitrogen and oxygen atoms in total. The van der Waals surface area contributed by atoms with Gasteiger partial charge in [0.15, 0.2) is 0 Å². The average molecular weight is 293 g/mol. The Morgan fingerprint density at radius 1 is 1.09 bits per heavy atom. The van der Waals surface area contributed by atoms with Crippen LogP contribution in [-0.2, 0) is 0 Å². The zero-order chi connectivity index (χ0) is 15.7. The highest BCUT2D eigenvalue weighted by Gasteiger charge is 2.11. The second kappa shape index (κ2) is 5.48. The lowest BCUT2D eigenvalue weighted by atomic mass is 10.1. The second-order valence-corrected chi connectivity index (χ2v) is 5.17. The lowest BCUT2D eigenvalue weighted by Gasteiger charge is -2.03. The third kappa shape index (κ3) is 2.51. The van der Waals surface area contributed by atoms with Gasteiger partial charge in [-0.05, 0) is 49.2 Å². The highest BCUT2D eigenvalue weighted by molar-refractivity contribution is 5.94. The molecule has 0 saturated carbocycles. The maximum Gasteiger partial charge on any atom is 0.348 e. The second-order valence-electron chi connectivity index (χ2n) is 5.17. The van der Waals surface area contributed by atoms with E-state index in [0.29, 0.717) is 11.0 Å². The number of aromatic hydroxyl groups is 1. The standard InChI is InChI=1S/C18H15NO3/c1-11-7-8-13(9-12(11)2)19-10-15-17(20)14-5-3-4-6-16(14)22-18(15)21/h3-10,20H,1-2H3. The van der Waals surface area contributed by atoms with Crippen molar-refractivity contribution in [2.24, 2.45) is 4.99 Å². The van der Waals surface area contributed by atoms with Gasteiger partial charge in [0.05, 0.1) is 11.1 Å². The van der Waals surface area contributed by atoms with Crippen LogP contribution in [0.1, 0.15) is 16.7 Å². The van der Waals surface area contributed by atoms with E-state index in [0.717, 1.165) is 11.3 Å². The molecule has 1 aromatic heterocycles. The Morgan fingerprint density at radius 2 is 1.86 bits per heavy atom. The Kier molecular flexibility index (Phi) is 3.51. The Bertz CT molecular complexity index is 939. The largest absolute Gasteiger partial charge is 0.506 e. The molecular weight excluding hydrogens is 278 g/mol. The number of fused-ring (bicyclic) bond motifs is 1. The van der Waals surface area contributed by atoms with Gasteiger partial charge in [0.2, 0.25) is 0 Å². The van der Waals surface area contributed by atoms with E-state index in [2.05, 4.69) is 4.99 Å². The van der Waals surface area contributed by atoms with E-state index in [1.165, 1.54) is 11.8 Å². The lowest BCUT2D eigenvalue weighted by molar-refractivity contribution is 0.466. The summed E-state index contributed by atoms with van der Waals surface area (Å²) in [6, 6.07) is 12.6. The number of hydrogen-bond acceptors (Lipinski definition) is 4. The van der Waals surface area contributed by atoms with Crippen molar-refractivity contribution >= 4 is 22.9 Å². The molecule has 0 spiro atoms. The fourth-order valence-corrected chi connectivity index (χ4v) is 2.21. The summed E-state index contributed by atoms with van der Waals surface area (Å²) in [5.74, 6) is -0.112. The number of hydrogen-bond donors (Lipinski definition) is 1. The molecule has 4 heteroatoms. The van der Waals surface area contributed by atoms with Gasteiger partial charge in [-0.25, -0.2) is 4.79 Å². The molecule has 0 aliphatic carbocycles. The molecule has 110 valence electrons. The van der Waals surface area contributed by atoms with E-state index in [-0.39, 0.29) is 11.3 Å². The van der Waals surface area contributed by atoms with Crippen molar-refractivity contribution in [1.82, 2.24) is 0 Å². The smallest absolute Gasteiger partial charge is 0.348 e. The minimum Gasteiger partial charge on any atom is -0.506 e. The van der Waals surface area contributed by atoms with Gasteiger partial charge in [0, 0.05) is 6.21 Å². The third-order valence-electron chi connectivity index (χ3n) is 3.65. The van der Waals surface area contributed by atoms with Crippen LogP contribution in [-0.4, -0.2) is 11.3 Å². The average Bonchev–Trinajstić information content (AvgIpc) is 2.50. The predicted octanol–water partition coefficient (Wildman–Crippen LogP) is 3.87. The maximum absolute atomic E-state index is 12.0. The van der Waals surface area contributed by atoms with Crippen LogP contribution in [0.4, 0.5) is 5.69 Å². The molecule has 2 aromatic carbocycles. The van der Waals surface area contributed by atoms with Gasteiger partial charge < -0.3 is 9.52 Å². The molecule has 0 unspecified atom stereocenters. The molecule has 0 saturated heterocycles. The van der Waals surface area contributed by atoms with Crippen molar-refractivity contribution in [2.75, 3.05) is 0 Å². The first-order chi connectivity index (χ1) is 10.6. The molecule has 3 rings (SSSR count). The van der Waals surface area contributed by atoms with Gasteiger partial charge in [-0.15, -0.1) is 0 Å². The predicted molar refractivity (Wildman–Crippen MR) is 87.3 cm³/mol. The molecular formula is C18H15NO3. The Balaban J connectivity index is 2.08. The number of para-hydroxylation sites is 1. The molecule has 0 radical (unpaired) electrons. The summed E-state index contributed by atoms with van der Waals surface area (Å²) in [5.41, 5.74) is 2.81.